The van der Waals surface area contributed by atoms with Gasteiger partial charge in [-0.3, -0.25) is 14.2 Å². The number of halogens is 1. The lowest BCUT2D eigenvalue weighted by molar-refractivity contribution is -0.118. The van der Waals surface area contributed by atoms with Crippen LogP contribution in [0.5, 0.6) is 5.75 Å². The number of aromatic nitrogens is 1. The summed E-state index contributed by atoms with van der Waals surface area (Å²) in [7, 11) is 1.56. The van der Waals surface area contributed by atoms with Gasteiger partial charge in [0.25, 0.3) is 5.91 Å². The second-order valence-electron chi connectivity index (χ2n) is 7.34. The van der Waals surface area contributed by atoms with E-state index in [1.54, 1.807) is 17.7 Å². The summed E-state index contributed by atoms with van der Waals surface area (Å²) in [5, 5.41) is 4.13. The number of carbonyl (C=O) groups excluding carboxylic acids is 2. The van der Waals surface area contributed by atoms with Crippen LogP contribution in [0.2, 0.25) is 5.02 Å². The Morgan fingerprint density at radius 1 is 1.10 bits per heavy atom. The highest BCUT2D eigenvalue weighted by Gasteiger charge is 2.20. The quantitative estimate of drug-likeness (QED) is 0.666. The van der Waals surface area contributed by atoms with Gasteiger partial charge in [-0.25, -0.2) is 0 Å². The Labute approximate surface area is 175 Å². The Hall–Kier alpha value is -2.79. The van der Waals surface area contributed by atoms with Crippen LogP contribution < -0.4 is 10.1 Å². The van der Waals surface area contributed by atoms with E-state index < -0.39 is 0 Å². The number of carbonyl (C=O) groups is 2. The molecule has 0 fully saturated rings. The number of methoxy groups -OCH3 is 1. The lowest BCUT2D eigenvalue weighted by Crippen LogP contribution is -2.22. The molecule has 3 rings (SSSR count). The highest BCUT2D eigenvalue weighted by atomic mass is 35.5. The van der Waals surface area contributed by atoms with Crippen molar-refractivity contribution in [3.05, 3.63) is 63.3 Å². The van der Waals surface area contributed by atoms with Crippen LogP contribution in [-0.4, -0.2) is 30.0 Å². The van der Waals surface area contributed by atoms with Crippen LogP contribution in [0.4, 0.5) is 0 Å². The molecule has 0 bridgehead atoms. The van der Waals surface area contributed by atoms with Crippen molar-refractivity contribution in [2.45, 2.75) is 34.1 Å². The second-order valence-corrected chi connectivity index (χ2v) is 7.75. The minimum Gasteiger partial charge on any atom is -0.495 e. The molecule has 0 aliphatic rings. The molecule has 6 heteroatoms. The lowest BCUT2D eigenvalue weighted by atomic mass is 9.99. The first kappa shape index (κ1) is 20.9. The van der Waals surface area contributed by atoms with E-state index in [1.165, 1.54) is 6.92 Å². The molecule has 3 aromatic rings. The van der Waals surface area contributed by atoms with Gasteiger partial charge in [0.2, 0.25) is 5.91 Å². The Morgan fingerprint density at radius 2 is 1.76 bits per heavy atom. The van der Waals surface area contributed by atoms with Gasteiger partial charge in [-0.05, 0) is 56.0 Å². The number of hydrogen-bond acceptors (Lipinski definition) is 3. The molecule has 1 aromatic heterocycles. The SMILES string of the molecule is COc1cc2c(CCNC(C)=O)cn(C(=O)c3c(C)cc(C)cc3C)c2cc1Cl. The predicted molar refractivity (Wildman–Crippen MR) is 116 cm³/mol. The normalized spacial score (nSPS) is 11.0. The number of fused-ring (bicyclic) bond motifs is 1. The van der Waals surface area contributed by atoms with Crippen LogP contribution in [-0.2, 0) is 11.2 Å². The van der Waals surface area contributed by atoms with Crippen LogP contribution in [0, 0.1) is 20.8 Å². The molecule has 1 amide bonds. The summed E-state index contributed by atoms with van der Waals surface area (Å²) in [5.74, 6) is 0.362. The molecule has 0 spiro atoms. The topological polar surface area (TPSA) is 60.3 Å². The van der Waals surface area contributed by atoms with Crippen molar-refractivity contribution in [2.24, 2.45) is 0 Å². The van der Waals surface area contributed by atoms with Crippen molar-refractivity contribution in [2.75, 3.05) is 13.7 Å². The van der Waals surface area contributed by atoms with E-state index in [0.29, 0.717) is 29.3 Å². The molecule has 0 saturated heterocycles. The van der Waals surface area contributed by atoms with Gasteiger partial charge in [0, 0.05) is 30.6 Å². The molecule has 0 atom stereocenters. The molecule has 29 heavy (non-hydrogen) atoms. The molecule has 0 unspecified atom stereocenters. The summed E-state index contributed by atoms with van der Waals surface area (Å²) in [6, 6.07) is 7.63. The summed E-state index contributed by atoms with van der Waals surface area (Å²) in [6.45, 7) is 7.89. The standard InChI is InChI=1S/C23H25ClN2O3/c1-13-8-14(2)22(15(3)9-13)23(28)26-12-17(6-7-25-16(4)27)18-10-21(29-5)19(24)11-20(18)26/h8-12H,6-7H2,1-5H3,(H,25,27). The maximum Gasteiger partial charge on any atom is 0.262 e. The zero-order chi connectivity index (χ0) is 21.3. The number of hydrogen-bond donors (Lipinski definition) is 1. The molecule has 2 aromatic carbocycles. The van der Waals surface area contributed by atoms with E-state index in [4.69, 9.17) is 16.3 Å². The third kappa shape index (κ3) is 4.15. The number of nitrogens with one attached hydrogen (secondary N) is 1. The van der Waals surface area contributed by atoms with Crippen molar-refractivity contribution in [1.82, 2.24) is 9.88 Å². The molecule has 1 heterocycles. The number of benzene rings is 2. The average molecular weight is 413 g/mol. The maximum atomic E-state index is 13.5. The van der Waals surface area contributed by atoms with Crippen LogP contribution >= 0.6 is 11.6 Å². The van der Waals surface area contributed by atoms with Gasteiger partial charge in [-0.1, -0.05) is 29.3 Å². The van der Waals surface area contributed by atoms with Gasteiger partial charge < -0.3 is 10.1 Å². The lowest BCUT2D eigenvalue weighted by Gasteiger charge is -2.12. The number of amides is 1. The third-order valence-electron chi connectivity index (χ3n) is 5.04. The van der Waals surface area contributed by atoms with E-state index in [-0.39, 0.29) is 11.8 Å². The highest BCUT2D eigenvalue weighted by molar-refractivity contribution is 6.33. The van der Waals surface area contributed by atoms with Crippen LogP contribution in [0.15, 0.2) is 30.5 Å². The summed E-state index contributed by atoms with van der Waals surface area (Å²) in [6.07, 6.45) is 2.43. The number of ether oxygens (including phenoxy) is 1. The number of rotatable bonds is 5. The summed E-state index contributed by atoms with van der Waals surface area (Å²) >= 11 is 6.36. The van der Waals surface area contributed by atoms with Gasteiger partial charge >= 0.3 is 0 Å². The van der Waals surface area contributed by atoms with E-state index in [0.717, 1.165) is 33.2 Å². The molecular weight excluding hydrogens is 388 g/mol. The van der Waals surface area contributed by atoms with E-state index in [1.807, 2.05) is 45.2 Å². The van der Waals surface area contributed by atoms with Gasteiger partial charge in [0.15, 0.2) is 0 Å². The van der Waals surface area contributed by atoms with Crippen molar-refractivity contribution >= 4 is 34.3 Å². The number of aryl methyl sites for hydroxylation is 3. The van der Waals surface area contributed by atoms with Crippen molar-refractivity contribution in [3.8, 4) is 5.75 Å². The molecule has 5 nitrogen and oxygen atoms in total. The second kappa shape index (κ2) is 8.29. The third-order valence-corrected chi connectivity index (χ3v) is 5.33. The number of nitrogens with zero attached hydrogens (tertiary/aromatic N) is 1. The van der Waals surface area contributed by atoms with Crippen molar-refractivity contribution < 1.29 is 14.3 Å². The van der Waals surface area contributed by atoms with Gasteiger partial charge in [-0.2, -0.15) is 0 Å². The Kier molecular flexibility index (Phi) is 5.99. The van der Waals surface area contributed by atoms with Crippen molar-refractivity contribution in [3.63, 3.8) is 0 Å². The highest BCUT2D eigenvalue weighted by Crippen LogP contribution is 2.34. The van der Waals surface area contributed by atoms with Crippen LogP contribution in [0.25, 0.3) is 10.9 Å². The maximum absolute atomic E-state index is 13.5. The predicted octanol–water partition coefficient (Wildman–Crippen LogP) is 4.60. The molecular formula is C23H25ClN2O3. The fourth-order valence-corrected chi connectivity index (χ4v) is 4.06. The zero-order valence-electron chi connectivity index (χ0n) is 17.4. The van der Waals surface area contributed by atoms with Gasteiger partial charge in [0.1, 0.15) is 5.75 Å². The fourth-order valence-electron chi connectivity index (χ4n) is 3.83. The summed E-state index contributed by atoms with van der Waals surface area (Å²) in [4.78, 5) is 24.7. The first-order chi connectivity index (χ1) is 13.7. The van der Waals surface area contributed by atoms with E-state index in [2.05, 4.69) is 5.32 Å². The van der Waals surface area contributed by atoms with Crippen molar-refractivity contribution in [1.29, 1.82) is 0 Å². The van der Waals surface area contributed by atoms with Crippen LogP contribution in [0.3, 0.4) is 0 Å². The minimum atomic E-state index is -0.1000. The molecule has 0 radical (unpaired) electrons. The molecule has 152 valence electrons. The smallest absolute Gasteiger partial charge is 0.262 e. The Balaban J connectivity index is 2.15. The largest absolute Gasteiger partial charge is 0.495 e. The van der Waals surface area contributed by atoms with Crippen LogP contribution in [0.1, 0.15) is 39.5 Å². The zero-order valence-corrected chi connectivity index (χ0v) is 18.1. The summed E-state index contributed by atoms with van der Waals surface area (Å²) < 4.78 is 7.01. The average Bonchev–Trinajstić information content (AvgIpc) is 2.97. The molecule has 0 aliphatic heterocycles. The van der Waals surface area contributed by atoms with Gasteiger partial charge in [0.05, 0.1) is 17.6 Å². The fraction of sp³-hybridized carbons (Fsp3) is 0.304. The first-order valence-corrected chi connectivity index (χ1v) is 9.85. The van der Waals surface area contributed by atoms with E-state index >= 15 is 0 Å². The molecule has 0 aliphatic carbocycles. The van der Waals surface area contributed by atoms with E-state index in [9.17, 15) is 9.59 Å². The monoisotopic (exact) mass is 412 g/mol. The minimum absolute atomic E-state index is 0.0867. The Bertz CT molecular complexity index is 1090. The molecule has 0 saturated carbocycles. The Morgan fingerprint density at radius 3 is 2.34 bits per heavy atom. The van der Waals surface area contributed by atoms with Gasteiger partial charge in [-0.15, -0.1) is 0 Å². The molecule has 1 N–H and O–H groups in total. The first-order valence-electron chi connectivity index (χ1n) is 9.47. The summed E-state index contributed by atoms with van der Waals surface area (Å²) in [5.41, 5.74) is 5.35.